The van der Waals surface area contributed by atoms with Gasteiger partial charge in [0, 0.05) is 34.1 Å². The number of quaternary nitrogens is 1. The second-order valence-electron chi connectivity index (χ2n) is 16.2. The minimum atomic E-state index is 0.669. The lowest BCUT2D eigenvalue weighted by Gasteiger charge is -2.23. The molecule has 5 aromatic rings. The highest BCUT2D eigenvalue weighted by molar-refractivity contribution is 6.00. The summed E-state index contributed by atoms with van der Waals surface area (Å²) in [5.41, 5.74) is 11.6. The Labute approximate surface area is 332 Å². The number of nitrogens with zero attached hydrogens (tertiary/aromatic N) is 3. The number of aromatic nitrogens is 4. The summed E-state index contributed by atoms with van der Waals surface area (Å²) in [6.07, 6.45) is 20.9. The fourth-order valence-corrected chi connectivity index (χ4v) is 7.45. The summed E-state index contributed by atoms with van der Waals surface area (Å²) in [5, 5.41) is 0. The normalized spacial score (nSPS) is 12.4. The molecule has 3 aromatic heterocycles. The first-order chi connectivity index (χ1) is 27.3. The summed E-state index contributed by atoms with van der Waals surface area (Å²) < 4.78 is 13.6. The number of unbranched alkanes of at least 4 members (excludes halogenated alkanes) is 8. The number of hydrogen-bond acceptors (Lipinski definition) is 4. The Balaban J connectivity index is 1.28. The first-order valence-corrected chi connectivity index (χ1v) is 20.7. The Morgan fingerprint density at radius 3 is 1.79 bits per heavy atom. The van der Waals surface area contributed by atoms with Crippen LogP contribution in [0.3, 0.4) is 0 Å². The molecule has 5 heterocycles. The van der Waals surface area contributed by atoms with E-state index in [1.165, 1.54) is 51.4 Å². The quantitative estimate of drug-likeness (QED) is 0.0677. The molecule has 7 rings (SSSR count). The predicted molar refractivity (Wildman–Crippen MR) is 235 cm³/mol. The third-order valence-electron chi connectivity index (χ3n) is 10.4. The predicted octanol–water partition coefficient (Wildman–Crippen LogP) is 12.4. The van der Waals surface area contributed by atoms with Gasteiger partial charge in [-0.3, -0.25) is 0 Å². The van der Waals surface area contributed by atoms with E-state index in [1.54, 1.807) is 0 Å². The van der Waals surface area contributed by atoms with Crippen molar-refractivity contribution in [3.05, 3.63) is 108 Å². The zero-order valence-electron chi connectivity index (χ0n) is 33.7. The van der Waals surface area contributed by atoms with Crippen LogP contribution in [0.2, 0.25) is 0 Å². The maximum absolute atomic E-state index is 6.40. The van der Waals surface area contributed by atoms with Crippen LogP contribution in [0.5, 0.6) is 11.5 Å². The van der Waals surface area contributed by atoms with Gasteiger partial charge in [-0.25, -0.2) is 9.97 Å². The molecule has 0 aliphatic carbocycles. The smallest absolute Gasteiger partial charge is 0.119 e. The lowest BCUT2D eigenvalue weighted by atomic mass is 9.98. The molecule has 290 valence electrons. The van der Waals surface area contributed by atoms with Gasteiger partial charge in [0.1, 0.15) is 11.5 Å². The summed E-state index contributed by atoms with van der Waals surface area (Å²) in [4.78, 5) is 17.5. The molecule has 0 saturated carbocycles. The SMILES string of the molecule is CCCCCCCCCCCOc1cccc(-c2c3nc(cc4ccc(cc5nc(cc6cc(-c7cccc(OCCC[N+](C)(C)C)c7)c2[nH]6)C=C5)[nH]4)C=C3)c1. The van der Waals surface area contributed by atoms with Gasteiger partial charge in [0.2, 0.25) is 0 Å². The van der Waals surface area contributed by atoms with Crippen LogP contribution < -0.4 is 9.47 Å². The molecular formula is C49H58N5O2+. The van der Waals surface area contributed by atoms with Crippen LogP contribution in [0, 0.1) is 0 Å². The highest BCUT2D eigenvalue weighted by Gasteiger charge is 2.17. The number of ether oxygens (including phenoxy) is 2. The first kappa shape index (κ1) is 38.9. The molecule has 0 saturated heterocycles. The van der Waals surface area contributed by atoms with Crippen LogP contribution in [0.1, 0.15) is 93.9 Å². The molecule has 2 aromatic carbocycles. The van der Waals surface area contributed by atoms with E-state index in [0.29, 0.717) is 13.2 Å². The molecule has 0 amide bonds. The molecule has 0 spiro atoms. The second kappa shape index (κ2) is 18.5. The van der Waals surface area contributed by atoms with Crippen molar-refractivity contribution in [2.24, 2.45) is 0 Å². The number of hydrogen-bond donors (Lipinski definition) is 2. The summed E-state index contributed by atoms with van der Waals surface area (Å²) in [5.74, 6) is 1.73. The van der Waals surface area contributed by atoms with Crippen molar-refractivity contribution in [2.45, 2.75) is 71.1 Å². The Hall–Kier alpha value is -5.40. The van der Waals surface area contributed by atoms with Crippen molar-refractivity contribution in [1.82, 2.24) is 19.9 Å². The maximum Gasteiger partial charge on any atom is 0.119 e. The van der Waals surface area contributed by atoms with Gasteiger partial charge in [-0.05, 0) is 103 Å². The fraction of sp³-hybridized carbons (Fsp3) is 0.347. The van der Waals surface area contributed by atoms with Crippen LogP contribution in [-0.2, 0) is 0 Å². The molecule has 56 heavy (non-hydrogen) atoms. The van der Waals surface area contributed by atoms with E-state index in [-0.39, 0.29) is 0 Å². The Morgan fingerprint density at radius 2 is 1.11 bits per heavy atom. The number of benzene rings is 2. The van der Waals surface area contributed by atoms with Gasteiger partial charge in [0.25, 0.3) is 0 Å². The van der Waals surface area contributed by atoms with Crippen molar-refractivity contribution >= 4 is 46.4 Å². The van der Waals surface area contributed by atoms with Gasteiger partial charge in [0.15, 0.2) is 0 Å². The van der Waals surface area contributed by atoms with Gasteiger partial charge in [0.05, 0.1) is 69.2 Å². The molecule has 0 radical (unpaired) electrons. The molecule has 2 aliphatic heterocycles. The van der Waals surface area contributed by atoms with E-state index in [2.05, 4.69) is 141 Å². The van der Waals surface area contributed by atoms with E-state index >= 15 is 0 Å². The topological polar surface area (TPSA) is 75.8 Å². The first-order valence-electron chi connectivity index (χ1n) is 20.7. The maximum atomic E-state index is 6.40. The summed E-state index contributed by atoms with van der Waals surface area (Å²) >= 11 is 0. The monoisotopic (exact) mass is 748 g/mol. The number of fused-ring (bicyclic) bond motifs is 8. The minimum Gasteiger partial charge on any atom is -0.494 e. The Bertz CT molecular complexity index is 2320. The highest BCUT2D eigenvalue weighted by atomic mass is 16.5. The molecule has 0 fully saturated rings. The number of nitrogens with one attached hydrogen (secondary N) is 2. The van der Waals surface area contributed by atoms with Gasteiger partial charge < -0.3 is 23.9 Å². The molecule has 7 heteroatoms. The average Bonchev–Trinajstić information content (AvgIpc) is 4.01. The molecule has 0 unspecified atom stereocenters. The Morgan fingerprint density at radius 1 is 0.536 bits per heavy atom. The third-order valence-corrected chi connectivity index (χ3v) is 10.4. The summed E-state index contributed by atoms with van der Waals surface area (Å²) in [7, 11) is 6.64. The van der Waals surface area contributed by atoms with Crippen molar-refractivity contribution in [3.8, 4) is 33.8 Å². The van der Waals surface area contributed by atoms with E-state index in [0.717, 1.165) is 102 Å². The van der Waals surface area contributed by atoms with E-state index in [4.69, 9.17) is 19.4 Å². The minimum absolute atomic E-state index is 0.669. The molecule has 2 N–H and O–H groups in total. The largest absolute Gasteiger partial charge is 0.494 e. The fourth-order valence-electron chi connectivity index (χ4n) is 7.45. The van der Waals surface area contributed by atoms with E-state index in [1.807, 2.05) is 6.07 Å². The van der Waals surface area contributed by atoms with Crippen LogP contribution in [0.4, 0.5) is 0 Å². The van der Waals surface area contributed by atoms with Crippen LogP contribution >= 0.6 is 0 Å². The lowest BCUT2D eigenvalue weighted by Crippen LogP contribution is -2.35. The van der Waals surface area contributed by atoms with Crippen molar-refractivity contribution in [2.75, 3.05) is 40.9 Å². The number of aromatic amines is 2. The zero-order chi connectivity index (χ0) is 38.7. The number of rotatable bonds is 18. The molecule has 0 atom stereocenters. The van der Waals surface area contributed by atoms with Crippen molar-refractivity contribution in [3.63, 3.8) is 0 Å². The zero-order valence-corrected chi connectivity index (χ0v) is 33.7. The van der Waals surface area contributed by atoms with Gasteiger partial charge in [-0.1, -0.05) is 82.6 Å². The Kier molecular flexibility index (Phi) is 12.8. The molecular weight excluding hydrogens is 691 g/mol. The highest BCUT2D eigenvalue weighted by Crippen LogP contribution is 2.38. The van der Waals surface area contributed by atoms with Crippen LogP contribution in [0.25, 0.3) is 68.6 Å². The van der Waals surface area contributed by atoms with Crippen LogP contribution in [-0.4, -0.2) is 65.3 Å². The molecule has 8 bridgehead atoms. The van der Waals surface area contributed by atoms with Gasteiger partial charge in [-0.2, -0.15) is 0 Å². The standard InChI is InChI=1S/C49H58N5O2/c1-5-6-7-8-9-10-11-12-13-28-55-45-20-15-18-37(31-45)48-47-26-25-42(52-47)33-40-22-21-38(50-40)32-39-23-24-41(51-39)34-43-35-46(49(48)53-43)36-17-14-19-44(30-36)56-29-16-27-54(2,3)4/h14-15,17-26,30-35,50,53H,5-13,16,27-29H2,1-4H3/q+1. The van der Waals surface area contributed by atoms with Crippen molar-refractivity contribution < 1.29 is 14.0 Å². The third kappa shape index (κ3) is 10.7. The summed E-state index contributed by atoms with van der Waals surface area (Å²) in [6, 6.07) is 29.6. The number of H-pyrrole nitrogens is 2. The summed E-state index contributed by atoms with van der Waals surface area (Å²) in [6.45, 7) is 4.70. The second-order valence-corrected chi connectivity index (χ2v) is 16.2. The molecule has 7 nitrogen and oxygen atoms in total. The lowest BCUT2D eigenvalue weighted by molar-refractivity contribution is -0.870. The van der Waals surface area contributed by atoms with Gasteiger partial charge in [-0.15, -0.1) is 0 Å². The van der Waals surface area contributed by atoms with E-state index in [9.17, 15) is 0 Å². The van der Waals surface area contributed by atoms with Crippen molar-refractivity contribution in [1.29, 1.82) is 0 Å². The van der Waals surface area contributed by atoms with Gasteiger partial charge >= 0.3 is 0 Å². The van der Waals surface area contributed by atoms with Crippen LogP contribution in [0.15, 0.2) is 84.9 Å². The average molecular weight is 749 g/mol. The van der Waals surface area contributed by atoms with E-state index < -0.39 is 0 Å². The molecule has 2 aliphatic rings.